The monoisotopic (exact) mass is 357 g/mol. The number of carbonyl (C=O) groups is 2. The molecule has 0 radical (unpaired) electrons. The topological polar surface area (TPSA) is 75.6 Å². The SMILES string of the molecule is CC(C)COc1ccc(C(C)NC(=O)C2C3C=CC(C3)C2C(=O)O)cc1. The first-order chi connectivity index (χ1) is 12.4. The van der Waals surface area contributed by atoms with Crippen molar-refractivity contribution >= 4 is 11.9 Å². The first-order valence-corrected chi connectivity index (χ1v) is 9.31. The van der Waals surface area contributed by atoms with Crippen LogP contribution >= 0.6 is 0 Å². The molecule has 140 valence electrons. The molecule has 2 aliphatic carbocycles. The van der Waals surface area contributed by atoms with E-state index in [-0.39, 0.29) is 23.8 Å². The maximum Gasteiger partial charge on any atom is 0.307 e. The Bertz CT molecular complexity index is 694. The molecule has 5 nitrogen and oxygen atoms in total. The Morgan fingerprint density at radius 2 is 1.73 bits per heavy atom. The van der Waals surface area contributed by atoms with E-state index in [2.05, 4.69) is 19.2 Å². The number of nitrogens with one attached hydrogen (secondary N) is 1. The van der Waals surface area contributed by atoms with Gasteiger partial charge in [-0.25, -0.2) is 0 Å². The van der Waals surface area contributed by atoms with Crippen LogP contribution in [-0.4, -0.2) is 23.6 Å². The minimum atomic E-state index is -0.874. The summed E-state index contributed by atoms with van der Waals surface area (Å²) in [6.07, 6.45) is 4.72. The highest BCUT2D eigenvalue weighted by molar-refractivity contribution is 5.87. The summed E-state index contributed by atoms with van der Waals surface area (Å²) in [7, 11) is 0. The number of amides is 1. The van der Waals surface area contributed by atoms with Gasteiger partial charge in [0.2, 0.25) is 5.91 Å². The molecular weight excluding hydrogens is 330 g/mol. The molecular formula is C21H27NO4. The zero-order valence-corrected chi connectivity index (χ0v) is 15.5. The predicted molar refractivity (Wildman–Crippen MR) is 98.7 cm³/mol. The number of hydrogen-bond donors (Lipinski definition) is 2. The lowest BCUT2D eigenvalue weighted by Gasteiger charge is -2.26. The van der Waals surface area contributed by atoms with Gasteiger partial charge >= 0.3 is 5.97 Å². The highest BCUT2D eigenvalue weighted by Gasteiger charge is 2.51. The summed E-state index contributed by atoms with van der Waals surface area (Å²) in [5.74, 6) is -0.817. The number of fused-ring (bicyclic) bond motifs is 2. The molecule has 0 spiro atoms. The van der Waals surface area contributed by atoms with Gasteiger partial charge in [-0.05, 0) is 48.8 Å². The quantitative estimate of drug-likeness (QED) is 0.733. The first kappa shape index (κ1) is 18.5. The molecule has 1 amide bonds. The van der Waals surface area contributed by atoms with Gasteiger partial charge in [-0.15, -0.1) is 0 Å². The van der Waals surface area contributed by atoms with Crippen LogP contribution in [0.2, 0.25) is 0 Å². The van der Waals surface area contributed by atoms with Gasteiger partial charge in [-0.1, -0.05) is 38.1 Å². The van der Waals surface area contributed by atoms with Gasteiger partial charge in [-0.2, -0.15) is 0 Å². The number of benzene rings is 1. The number of rotatable bonds is 7. The molecule has 0 aliphatic heterocycles. The van der Waals surface area contributed by atoms with Gasteiger partial charge in [0.05, 0.1) is 24.5 Å². The molecule has 1 aromatic rings. The van der Waals surface area contributed by atoms with Crippen LogP contribution in [0.4, 0.5) is 0 Å². The fourth-order valence-corrected chi connectivity index (χ4v) is 4.02. The van der Waals surface area contributed by atoms with E-state index in [1.54, 1.807) is 0 Å². The van der Waals surface area contributed by atoms with E-state index in [1.807, 2.05) is 43.3 Å². The van der Waals surface area contributed by atoms with Crippen LogP contribution in [0.3, 0.4) is 0 Å². The molecule has 0 aromatic heterocycles. The Balaban J connectivity index is 1.62. The molecule has 0 heterocycles. The fourth-order valence-electron chi connectivity index (χ4n) is 4.02. The molecule has 5 atom stereocenters. The Labute approximate surface area is 154 Å². The number of carbonyl (C=O) groups excluding carboxylic acids is 1. The zero-order chi connectivity index (χ0) is 18.8. The lowest BCUT2D eigenvalue weighted by molar-refractivity contribution is -0.148. The van der Waals surface area contributed by atoms with E-state index < -0.39 is 17.8 Å². The van der Waals surface area contributed by atoms with Crippen molar-refractivity contribution in [2.24, 2.45) is 29.6 Å². The minimum absolute atomic E-state index is 0.0130. The maximum absolute atomic E-state index is 12.7. The summed E-state index contributed by atoms with van der Waals surface area (Å²) < 4.78 is 5.68. The second kappa shape index (κ2) is 7.52. The first-order valence-electron chi connectivity index (χ1n) is 9.31. The Morgan fingerprint density at radius 1 is 1.12 bits per heavy atom. The molecule has 1 saturated carbocycles. The third-order valence-corrected chi connectivity index (χ3v) is 5.37. The molecule has 2 bridgehead atoms. The molecule has 5 unspecified atom stereocenters. The summed E-state index contributed by atoms with van der Waals surface area (Å²) >= 11 is 0. The third-order valence-electron chi connectivity index (χ3n) is 5.37. The van der Waals surface area contributed by atoms with Crippen LogP contribution in [0, 0.1) is 29.6 Å². The van der Waals surface area contributed by atoms with E-state index in [0.29, 0.717) is 12.5 Å². The summed E-state index contributed by atoms with van der Waals surface area (Å²) in [6.45, 7) is 6.78. The highest BCUT2D eigenvalue weighted by Crippen LogP contribution is 2.48. The normalized spacial score (nSPS) is 27.5. The van der Waals surface area contributed by atoms with Crippen molar-refractivity contribution in [3.8, 4) is 5.75 Å². The van der Waals surface area contributed by atoms with Crippen LogP contribution in [0.15, 0.2) is 36.4 Å². The van der Waals surface area contributed by atoms with E-state index >= 15 is 0 Å². The van der Waals surface area contributed by atoms with Gasteiger partial charge < -0.3 is 15.2 Å². The van der Waals surface area contributed by atoms with E-state index in [9.17, 15) is 14.7 Å². The zero-order valence-electron chi connectivity index (χ0n) is 15.5. The molecule has 2 aliphatic rings. The number of carboxylic acids is 1. The number of carboxylic acid groups (broad SMARTS) is 1. The average Bonchev–Trinajstić information content (AvgIpc) is 3.21. The van der Waals surface area contributed by atoms with Crippen molar-refractivity contribution < 1.29 is 19.4 Å². The lowest BCUT2D eigenvalue weighted by Crippen LogP contribution is -2.41. The number of allylic oxidation sites excluding steroid dienone is 2. The Hall–Kier alpha value is -2.30. The molecule has 5 heteroatoms. The van der Waals surface area contributed by atoms with Crippen molar-refractivity contribution in [1.29, 1.82) is 0 Å². The van der Waals surface area contributed by atoms with Crippen molar-refractivity contribution in [3.63, 3.8) is 0 Å². The lowest BCUT2D eigenvalue weighted by atomic mass is 9.82. The Morgan fingerprint density at radius 3 is 2.31 bits per heavy atom. The van der Waals surface area contributed by atoms with E-state index in [1.165, 1.54) is 0 Å². The van der Waals surface area contributed by atoms with Crippen molar-refractivity contribution in [2.75, 3.05) is 6.61 Å². The van der Waals surface area contributed by atoms with Crippen molar-refractivity contribution in [1.82, 2.24) is 5.32 Å². The summed E-state index contributed by atoms with van der Waals surface area (Å²) in [6, 6.07) is 7.51. The molecule has 1 fully saturated rings. The standard InChI is InChI=1S/C21H27NO4/c1-12(2)11-26-17-8-6-14(7-9-17)13(3)22-20(23)18-15-4-5-16(10-15)19(18)21(24)25/h4-9,12-13,15-16,18-19H,10-11H2,1-3H3,(H,22,23)(H,24,25). The van der Waals surface area contributed by atoms with Gasteiger partial charge in [0.15, 0.2) is 0 Å². The minimum Gasteiger partial charge on any atom is -0.493 e. The van der Waals surface area contributed by atoms with Crippen LogP contribution in [-0.2, 0) is 9.59 Å². The van der Waals surface area contributed by atoms with Crippen LogP contribution in [0.5, 0.6) is 5.75 Å². The summed E-state index contributed by atoms with van der Waals surface area (Å²) in [5, 5.41) is 12.5. The smallest absolute Gasteiger partial charge is 0.307 e. The number of ether oxygens (including phenoxy) is 1. The van der Waals surface area contributed by atoms with Gasteiger partial charge in [0.25, 0.3) is 0 Å². The summed E-state index contributed by atoms with van der Waals surface area (Å²) in [5.41, 5.74) is 0.973. The maximum atomic E-state index is 12.7. The highest BCUT2D eigenvalue weighted by atomic mass is 16.5. The van der Waals surface area contributed by atoms with Crippen molar-refractivity contribution in [3.05, 3.63) is 42.0 Å². The second-order valence-electron chi connectivity index (χ2n) is 7.84. The van der Waals surface area contributed by atoms with Gasteiger partial charge in [0, 0.05) is 0 Å². The largest absolute Gasteiger partial charge is 0.493 e. The van der Waals surface area contributed by atoms with Crippen LogP contribution in [0.25, 0.3) is 0 Å². The Kier molecular flexibility index (Phi) is 5.35. The summed E-state index contributed by atoms with van der Waals surface area (Å²) in [4.78, 5) is 24.3. The molecule has 2 N–H and O–H groups in total. The van der Waals surface area contributed by atoms with Crippen LogP contribution < -0.4 is 10.1 Å². The molecule has 3 rings (SSSR count). The molecule has 0 saturated heterocycles. The van der Waals surface area contributed by atoms with Crippen molar-refractivity contribution in [2.45, 2.75) is 33.2 Å². The van der Waals surface area contributed by atoms with Crippen LogP contribution in [0.1, 0.15) is 38.8 Å². The third kappa shape index (κ3) is 3.76. The average molecular weight is 357 g/mol. The van der Waals surface area contributed by atoms with Gasteiger partial charge in [0.1, 0.15) is 5.75 Å². The molecule has 1 aromatic carbocycles. The number of aliphatic carboxylic acids is 1. The van der Waals surface area contributed by atoms with E-state index in [4.69, 9.17) is 4.74 Å². The second-order valence-corrected chi connectivity index (χ2v) is 7.84. The predicted octanol–water partition coefficient (Wildman–Crippen LogP) is 3.42. The molecule has 26 heavy (non-hydrogen) atoms. The fraction of sp³-hybridized carbons (Fsp3) is 0.524. The number of hydrogen-bond acceptors (Lipinski definition) is 3. The van der Waals surface area contributed by atoms with Gasteiger partial charge in [-0.3, -0.25) is 9.59 Å². The van der Waals surface area contributed by atoms with E-state index in [0.717, 1.165) is 17.7 Å².